The number of halogens is 2. The molecule has 2 N–H and O–H groups in total. The Labute approximate surface area is 106 Å². The molecule has 1 aromatic carbocycles. The fourth-order valence-corrected chi connectivity index (χ4v) is 1.32. The van der Waals surface area contributed by atoms with Crippen molar-refractivity contribution in [2.24, 2.45) is 0 Å². The monoisotopic (exact) mass is 275 g/mol. The zero-order chi connectivity index (χ0) is 14.4. The second-order valence-corrected chi connectivity index (χ2v) is 3.29. The fourth-order valence-electron chi connectivity index (χ4n) is 1.32. The molecule has 104 valence electrons. The molecule has 0 aliphatic heterocycles. The Kier molecular flexibility index (Phi) is 5.04. The number of amides is 1. The molecule has 19 heavy (non-hydrogen) atoms. The number of methoxy groups -OCH3 is 1. The lowest BCUT2D eigenvalue weighted by Crippen LogP contribution is -2.29. The van der Waals surface area contributed by atoms with Gasteiger partial charge in [-0.15, -0.1) is 0 Å². The van der Waals surface area contributed by atoms with Crippen LogP contribution in [0.4, 0.5) is 8.78 Å². The smallest absolute Gasteiger partial charge is 0.387 e. The molecule has 0 aliphatic rings. The minimum atomic E-state index is -3.14. The van der Waals surface area contributed by atoms with Gasteiger partial charge in [0.25, 0.3) is 5.91 Å². The van der Waals surface area contributed by atoms with E-state index in [2.05, 4.69) is 4.74 Å². The summed E-state index contributed by atoms with van der Waals surface area (Å²) < 4.78 is 33.6. The van der Waals surface area contributed by atoms with Crippen LogP contribution in [0.5, 0.6) is 11.5 Å². The van der Waals surface area contributed by atoms with Crippen LogP contribution < -0.4 is 14.8 Å². The standard InChI is InChI=1S/C11H11F2NO5/c1-18-7-4-2-3-6(9(7)19-11(12)13)10(17)14-5-8(15)16/h2-4,11H,5H2,1H3,(H,14,17)(H,15,16). The van der Waals surface area contributed by atoms with Crippen molar-refractivity contribution in [1.82, 2.24) is 5.32 Å². The van der Waals surface area contributed by atoms with Crippen LogP contribution >= 0.6 is 0 Å². The largest absolute Gasteiger partial charge is 0.493 e. The summed E-state index contributed by atoms with van der Waals surface area (Å²) in [6.45, 7) is -3.77. The van der Waals surface area contributed by atoms with Crippen LogP contribution in [-0.2, 0) is 4.79 Å². The van der Waals surface area contributed by atoms with Crippen molar-refractivity contribution in [3.63, 3.8) is 0 Å². The molecule has 1 aromatic rings. The van der Waals surface area contributed by atoms with Gasteiger partial charge in [-0.2, -0.15) is 8.78 Å². The summed E-state index contributed by atoms with van der Waals surface area (Å²) >= 11 is 0. The van der Waals surface area contributed by atoms with E-state index in [1.54, 1.807) is 0 Å². The van der Waals surface area contributed by atoms with E-state index in [1.807, 2.05) is 5.32 Å². The highest BCUT2D eigenvalue weighted by Crippen LogP contribution is 2.32. The van der Waals surface area contributed by atoms with Crippen molar-refractivity contribution in [1.29, 1.82) is 0 Å². The molecule has 0 saturated carbocycles. The third-order valence-electron chi connectivity index (χ3n) is 2.05. The Hall–Kier alpha value is -2.38. The number of alkyl halides is 2. The third-order valence-corrected chi connectivity index (χ3v) is 2.05. The molecule has 1 amide bonds. The lowest BCUT2D eigenvalue weighted by atomic mass is 10.1. The highest BCUT2D eigenvalue weighted by atomic mass is 19.3. The maximum Gasteiger partial charge on any atom is 0.387 e. The molecular weight excluding hydrogens is 264 g/mol. The number of hydrogen-bond donors (Lipinski definition) is 2. The SMILES string of the molecule is COc1cccc(C(=O)NCC(=O)O)c1OC(F)F. The van der Waals surface area contributed by atoms with Crippen molar-refractivity contribution in [3.8, 4) is 11.5 Å². The zero-order valence-corrected chi connectivity index (χ0v) is 9.85. The van der Waals surface area contributed by atoms with Gasteiger partial charge < -0.3 is 19.9 Å². The molecule has 0 heterocycles. The third kappa shape index (κ3) is 4.09. The first-order chi connectivity index (χ1) is 8.95. The maximum absolute atomic E-state index is 12.3. The molecule has 0 aliphatic carbocycles. The molecule has 1 rings (SSSR count). The number of rotatable bonds is 6. The van der Waals surface area contributed by atoms with Gasteiger partial charge in [0, 0.05) is 0 Å². The van der Waals surface area contributed by atoms with E-state index in [0.29, 0.717) is 0 Å². The number of carbonyl (C=O) groups is 2. The molecule has 0 unspecified atom stereocenters. The molecule has 6 nitrogen and oxygen atoms in total. The van der Waals surface area contributed by atoms with Crippen LogP contribution in [0.1, 0.15) is 10.4 Å². The molecule has 0 radical (unpaired) electrons. The minimum Gasteiger partial charge on any atom is -0.493 e. The van der Waals surface area contributed by atoms with E-state index in [1.165, 1.54) is 25.3 Å². The number of ether oxygens (including phenoxy) is 2. The van der Waals surface area contributed by atoms with Gasteiger partial charge in [-0.05, 0) is 12.1 Å². The first-order valence-corrected chi connectivity index (χ1v) is 5.07. The van der Waals surface area contributed by atoms with Crippen LogP contribution in [0.3, 0.4) is 0 Å². The maximum atomic E-state index is 12.3. The summed E-state index contributed by atoms with van der Waals surface area (Å²) in [5.74, 6) is -2.60. The van der Waals surface area contributed by atoms with E-state index in [4.69, 9.17) is 9.84 Å². The number of aliphatic carboxylic acids is 1. The Morgan fingerprint density at radius 3 is 2.63 bits per heavy atom. The summed E-state index contributed by atoms with van der Waals surface area (Å²) in [7, 11) is 1.23. The summed E-state index contributed by atoms with van der Waals surface area (Å²) in [6, 6.07) is 3.95. The molecule has 8 heteroatoms. The number of carboxylic acid groups (broad SMARTS) is 1. The van der Waals surface area contributed by atoms with Gasteiger partial charge in [-0.1, -0.05) is 6.07 Å². The predicted molar refractivity (Wildman–Crippen MR) is 59.6 cm³/mol. The molecule has 0 bridgehead atoms. The Morgan fingerprint density at radius 1 is 1.42 bits per heavy atom. The minimum absolute atomic E-state index is 0.0525. The van der Waals surface area contributed by atoms with Crippen molar-refractivity contribution >= 4 is 11.9 Å². The zero-order valence-electron chi connectivity index (χ0n) is 9.85. The first kappa shape index (κ1) is 14.7. The van der Waals surface area contributed by atoms with Crippen LogP contribution in [-0.4, -0.2) is 37.2 Å². The van der Waals surface area contributed by atoms with Gasteiger partial charge in [-0.3, -0.25) is 9.59 Å². The normalized spacial score (nSPS) is 10.1. The average molecular weight is 275 g/mol. The van der Waals surface area contributed by atoms with Gasteiger partial charge in [0.1, 0.15) is 6.54 Å². The van der Waals surface area contributed by atoms with Gasteiger partial charge in [-0.25, -0.2) is 0 Å². The molecule has 0 atom stereocenters. The lowest BCUT2D eigenvalue weighted by Gasteiger charge is -2.13. The summed E-state index contributed by atoms with van der Waals surface area (Å²) in [6.07, 6.45) is 0. The molecule has 0 spiro atoms. The molecule has 0 aromatic heterocycles. The summed E-state index contributed by atoms with van der Waals surface area (Å²) in [5.41, 5.74) is -0.235. The van der Waals surface area contributed by atoms with Crippen molar-refractivity contribution in [2.45, 2.75) is 6.61 Å². The average Bonchev–Trinajstić information content (AvgIpc) is 2.35. The lowest BCUT2D eigenvalue weighted by molar-refractivity contribution is -0.135. The van der Waals surface area contributed by atoms with E-state index in [9.17, 15) is 18.4 Å². The van der Waals surface area contributed by atoms with Crippen LogP contribution in [0.15, 0.2) is 18.2 Å². The highest BCUT2D eigenvalue weighted by molar-refractivity contribution is 5.99. The number of hydrogen-bond acceptors (Lipinski definition) is 4. The van der Waals surface area contributed by atoms with Gasteiger partial charge in [0.15, 0.2) is 11.5 Å². The van der Waals surface area contributed by atoms with E-state index >= 15 is 0 Å². The van der Waals surface area contributed by atoms with Crippen LogP contribution in [0.2, 0.25) is 0 Å². The highest BCUT2D eigenvalue weighted by Gasteiger charge is 2.20. The quantitative estimate of drug-likeness (QED) is 0.812. The van der Waals surface area contributed by atoms with Gasteiger partial charge >= 0.3 is 12.6 Å². The van der Waals surface area contributed by atoms with E-state index in [0.717, 1.165) is 0 Å². The van der Waals surface area contributed by atoms with E-state index < -0.39 is 30.8 Å². The fraction of sp³-hybridized carbons (Fsp3) is 0.273. The van der Waals surface area contributed by atoms with E-state index in [-0.39, 0.29) is 11.3 Å². The first-order valence-electron chi connectivity index (χ1n) is 5.07. The second-order valence-electron chi connectivity index (χ2n) is 3.29. The number of carboxylic acids is 1. The van der Waals surface area contributed by atoms with Crippen molar-refractivity contribution in [2.75, 3.05) is 13.7 Å². The number of para-hydroxylation sites is 1. The second kappa shape index (κ2) is 6.53. The Balaban J connectivity index is 3.04. The summed E-state index contributed by atoms with van der Waals surface area (Å²) in [5, 5.41) is 10.5. The predicted octanol–water partition coefficient (Wildman–Crippen LogP) is 1.11. The summed E-state index contributed by atoms with van der Waals surface area (Å²) in [4.78, 5) is 22.0. The number of benzene rings is 1. The Morgan fingerprint density at radius 2 is 2.11 bits per heavy atom. The van der Waals surface area contributed by atoms with Gasteiger partial charge in [0.2, 0.25) is 0 Å². The van der Waals surface area contributed by atoms with Crippen molar-refractivity contribution < 1.29 is 33.0 Å². The van der Waals surface area contributed by atoms with Gasteiger partial charge in [0.05, 0.1) is 12.7 Å². The topological polar surface area (TPSA) is 84.9 Å². The van der Waals surface area contributed by atoms with Crippen LogP contribution in [0, 0.1) is 0 Å². The van der Waals surface area contributed by atoms with Crippen molar-refractivity contribution in [3.05, 3.63) is 23.8 Å². The van der Waals surface area contributed by atoms with Crippen LogP contribution in [0.25, 0.3) is 0 Å². The number of nitrogens with one attached hydrogen (secondary N) is 1. The molecular formula is C11H11F2NO5. The molecule has 0 fully saturated rings. The molecule has 0 saturated heterocycles. The Bertz CT molecular complexity index is 478. The number of carbonyl (C=O) groups excluding carboxylic acids is 1.